The zero-order valence-corrected chi connectivity index (χ0v) is 15.2. The summed E-state index contributed by atoms with van der Waals surface area (Å²) in [4.78, 5) is 26.8. The second-order valence-corrected chi connectivity index (χ2v) is 7.60. The Hall–Kier alpha value is -2.22. The monoisotopic (exact) mass is 373 g/mol. The van der Waals surface area contributed by atoms with E-state index in [0.717, 1.165) is 5.56 Å². The number of ether oxygens (including phenoxy) is 1. The molecule has 2 fully saturated rings. The summed E-state index contributed by atoms with van der Waals surface area (Å²) in [6, 6.07) is 6.54. The van der Waals surface area contributed by atoms with E-state index in [2.05, 4.69) is 0 Å². The number of carbonyl (C=O) groups is 1. The number of likely N-dealkylation sites (tertiary alicyclic amines) is 1. The summed E-state index contributed by atoms with van der Waals surface area (Å²) in [5, 5.41) is 20.0. The van der Waals surface area contributed by atoms with E-state index in [-0.39, 0.29) is 23.7 Å². The highest BCUT2D eigenvalue weighted by Crippen LogP contribution is 2.35. The third-order valence-electron chi connectivity index (χ3n) is 5.64. The fourth-order valence-electron chi connectivity index (χ4n) is 3.94. The van der Waals surface area contributed by atoms with Crippen molar-refractivity contribution < 1.29 is 24.2 Å². The SMILES string of the molecule is Cc1ccc2c(=O)cc(C(=O)N3CCC4(CC3)C[C@@H](O)[C@@H](O)CO4)oc2c1. The largest absolute Gasteiger partial charge is 0.451 e. The van der Waals surface area contributed by atoms with Crippen LogP contribution in [0.5, 0.6) is 0 Å². The summed E-state index contributed by atoms with van der Waals surface area (Å²) in [6.07, 6.45) is -0.159. The van der Waals surface area contributed by atoms with E-state index in [4.69, 9.17) is 9.15 Å². The molecule has 2 N–H and O–H groups in total. The lowest BCUT2D eigenvalue weighted by Gasteiger charge is -2.46. The number of benzene rings is 1. The van der Waals surface area contributed by atoms with Gasteiger partial charge in [0.1, 0.15) is 11.7 Å². The number of nitrogens with zero attached hydrogens (tertiary/aromatic N) is 1. The number of aliphatic hydroxyl groups excluding tert-OH is 2. The van der Waals surface area contributed by atoms with Crippen LogP contribution < -0.4 is 5.43 Å². The summed E-state index contributed by atoms with van der Waals surface area (Å²) >= 11 is 0. The molecule has 0 saturated carbocycles. The second kappa shape index (κ2) is 6.74. The van der Waals surface area contributed by atoms with Crippen LogP contribution in [0.2, 0.25) is 0 Å². The molecule has 7 nitrogen and oxygen atoms in total. The molecule has 0 radical (unpaired) electrons. The Balaban J connectivity index is 1.51. The lowest BCUT2D eigenvalue weighted by molar-refractivity contribution is -0.185. The van der Waals surface area contributed by atoms with Gasteiger partial charge in [0.15, 0.2) is 11.2 Å². The lowest BCUT2D eigenvalue weighted by Crippen LogP contribution is -2.55. The minimum absolute atomic E-state index is 0.0362. The molecule has 7 heteroatoms. The van der Waals surface area contributed by atoms with E-state index in [1.807, 2.05) is 13.0 Å². The Bertz CT molecular complexity index is 928. The van der Waals surface area contributed by atoms with E-state index < -0.39 is 17.8 Å². The van der Waals surface area contributed by atoms with Crippen molar-refractivity contribution in [2.45, 2.75) is 44.0 Å². The number of carbonyl (C=O) groups excluding carboxylic acids is 1. The maximum absolute atomic E-state index is 12.8. The van der Waals surface area contributed by atoms with Gasteiger partial charge in [0, 0.05) is 25.6 Å². The highest BCUT2D eigenvalue weighted by molar-refractivity contribution is 5.93. The molecule has 2 atom stereocenters. The molecule has 3 heterocycles. The Kier molecular flexibility index (Phi) is 4.53. The predicted octanol–water partition coefficient (Wildman–Crippen LogP) is 1.22. The molecule has 2 aliphatic rings. The van der Waals surface area contributed by atoms with E-state index >= 15 is 0 Å². The number of hydrogen-bond donors (Lipinski definition) is 2. The molecule has 1 aromatic heterocycles. The number of rotatable bonds is 1. The molecule has 2 aromatic rings. The first-order valence-corrected chi connectivity index (χ1v) is 9.21. The minimum Gasteiger partial charge on any atom is -0.451 e. The molecule has 4 rings (SSSR count). The second-order valence-electron chi connectivity index (χ2n) is 7.60. The average molecular weight is 373 g/mol. The van der Waals surface area contributed by atoms with Crippen LogP contribution in [0.1, 0.15) is 35.4 Å². The van der Waals surface area contributed by atoms with Crippen LogP contribution in [0.25, 0.3) is 11.0 Å². The maximum atomic E-state index is 12.8. The molecule has 2 aliphatic heterocycles. The van der Waals surface area contributed by atoms with Crippen molar-refractivity contribution in [1.82, 2.24) is 4.90 Å². The van der Waals surface area contributed by atoms with Gasteiger partial charge < -0.3 is 24.3 Å². The van der Waals surface area contributed by atoms with Gasteiger partial charge in [-0.3, -0.25) is 9.59 Å². The van der Waals surface area contributed by atoms with Gasteiger partial charge in [-0.15, -0.1) is 0 Å². The van der Waals surface area contributed by atoms with Gasteiger partial charge in [-0.25, -0.2) is 0 Å². The minimum atomic E-state index is -0.856. The van der Waals surface area contributed by atoms with Crippen LogP contribution in [0.4, 0.5) is 0 Å². The molecule has 144 valence electrons. The normalized spacial score (nSPS) is 25.1. The van der Waals surface area contributed by atoms with Gasteiger partial charge in [0.2, 0.25) is 0 Å². The van der Waals surface area contributed by atoms with Crippen molar-refractivity contribution in [3.05, 3.63) is 45.8 Å². The van der Waals surface area contributed by atoms with Crippen LogP contribution in [-0.2, 0) is 4.74 Å². The quantitative estimate of drug-likeness (QED) is 0.780. The molecule has 27 heavy (non-hydrogen) atoms. The van der Waals surface area contributed by atoms with Crippen LogP contribution in [0, 0.1) is 6.92 Å². The van der Waals surface area contributed by atoms with Crippen molar-refractivity contribution in [2.24, 2.45) is 0 Å². The maximum Gasteiger partial charge on any atom is 0.289 e. The van der Waals surface area contributed by atoms with Gasteiger partial charge in [0.05, 0.1) is 23.7 Å². The lowest BCUT2D eigenvalue weighted by atomic mass is 9.82. The van der Waals surface area contributed by atoms with Gasteiger partial charge in [-0.2, -0.15) is 0 Å². The van der Waals surface area contributed by atoms with Gasteiger partial charge in [-0.1, -0.05) is 6.07 Å². The first kappa shape index (κ1) is 18.2. The first-order chi connectivity index (χ1) is 12.9. The summed E-state index contributed by atoms with van der Waals surface area (Å²) in [7, 11) is 0. The standard InChI is InChI=1S/C20H23NO6/c1-12-2-3-13-14(22)9-18(27-17(13)8-12)19(25)21-6-4-20(5-7-21)10-15(23)16(24)11-26-20/h2-3,8-9,15-16,23-24H,4-7,10-11H2,1H3/t15-,16+/m1/s1. The number of piperidine rings is 1. The highest BCUT2D eigenvalue weighted by atomic mass is 16.5. The van der Waals surface area contributed by atoms with Gasteiger partial charge in [0.25, 0.3) is 5.91 Å². The molecule has 0 unspecified atom stereocenters. The van der Waals surface area contributed by atoms with Crippen molar-refractivity contribution in [1.29, 1.82) is 0 Å². The third kappa shape index (κ3) is 3.38. The first-order valence-electron chi connectivity index (χ1n) is 9.21. The molecule has 2 saturated heterocycles. The van der Waals surface area contributed by atoms with E-state index in [1.165, 1.54) is 6.07 Å². The smallest absolute Gasteiger partial charge is 0.289 e. The zero-order valence-electron chi connectivity index (χ0n) is 15.2. The number of aliphatic hydroxyl groups is 2. The van der Waals surface area contributed by atoms with Gasteiger partial charge >= 0.3 is 0 Å². The number of amides is 1. The molecule has 1 spiro atoms. The van der Waals surface area contributed by atoms with Crippen molar-refractivity contribution in [3.8, 4) is 0 Å². The van der Waals surface area contributed by atoms with E-state index in [0.29, 0.717) is 43.3 Å². The molecule has 0 bridgehead atoms. The molecular formula is C20H23NO6. The molecule has 0 aliphatic carbocycles. The Labute approximate surface area is 156 Å². The summed E-state index contributed by atoms with van der Waals surface area (Å²) in [6.45, 7) is 2.88. The number of aryl methyl sites for hydroxylation is 1. The molecular weight excluding hydrogens is 350 g/mol. The zero-order chi connectivity index (χ0) is 19.2. The summed E-state index contributed by atoms with van der Waals surface area (Å²) < 4.78 is 11.5. The van der Waals surface area contributed by atoms with Crippen molar-refractivity contribution >= 4 is 16.9 Å². The average Bonchev–Trinajstić information content (AvgIpc) is 2.65. The van der Waals surface area contributed by atoms with Crippen LogP contribution in [-0.4, -0.2) is 58.5 Å². The predicted molar refractivity (Wildman–Crippen MR) is 97.7 cm³/mol. The topological polar surface area (TPSA) is 100 Å². The number of fused-ring (bicyclic) bond motifs is 1. The van der Waals surface area contributed by atoms with Crippen molar-refractivity contribution in [2.75, 3.05) is 19.7 Å². The van der Waals surface area contributed by atoms with Gasteiger partial charge in [-0.05, 0) is 37.5 Å². The van der Waals surface area contributed by atoms with Crippen LogP contribution in [0.15, 0.2) is 33.5 Å². The summed E-state index contributed by atoms with van der Waals surface area (Å²) in [5.41, 5.74) is 0.620. The third-order valence-corrected chi connectivity index (χ3v) is 5.64. The van der Waals surface area contributed by atoms with Crippen LogP contribution >= 0.6 is 0 Å². The summed E-state index contributed by atoms with van der Waals surface area (Å²) in [5.74, 6) is -0.282. The van der Waals surface area contributed by atoms with E-state index in [1.54, 1.807) is 17.0 Å². The number of hydrogen-bond acceptors (Lipinski definition) is 6. The fraction of sp³-hybridized carbons (Fsp3) is 0.500. The van der Waals surface area contributed by atoms with Crippen LogP contribution in [0.3, 0.4) is 0 Å². The fourth-order valence-corrected chi connectivity index (χ4v) is 3.94. The highest BCUT2D eigenvalue weighted by Gasteiger charge is 2.43. The molecule has 1 aromatic carbocycles. The van der Waals surface area contributed by atoms with E-state index in [9.17, 15) is 19.8 Å². The van der Waals surface area contributed by atoms with Crippen molar-refractivity contribution in [3.63, 3.8) is 0 Å². The molecule has 1 amide bonds. The Morgan fingerprint density at radius 3 is 2.63 bits per heavy atom. The Morgan fingerprint density at radius 2 is 1.93 bits per heavy atom. The Morgan fingerprint density at radius 1 is 1.19 bits per heavy atom.